The maximum atomic E-state index is 10.4. The van der Waals surface area contributed by atoms with E-state index in [0.717, 1.165) is 12.8 Å². The molecule has 0 heterocycles. The molecule has 0 aliphatic heterocycles. The lowest BCUT2D eigenvalue weighted by Gasteiger charge is -2.22. The molecule has 0 unspecified atom stereocenters. The zero-order valence-electron chi connectivity index (χ0n) is 12.0. The van der Waals surface area contributed by atoms with Crippen LogP contribution in [-0.2, 0) is 0 Å². The average Bonchev–Trinajstić information content (AvgIpc) is 2.44. The summed E-state index contributed by atoms with van der Waals surface area (Å²) in [5.41, 5.74) is 1.39. The molecule has 0 aliphatic rings. The van der Waals surface area contributed by atoms with Gasteiger partial charge in [-0.15, -0.1) is 50.5 Å². The van der Waals surface area contributed by atoms with Crippen molar-refractivity contribution in [3.8, 4) is 11.5 Å². The molecule has 0 saturated heterocycles. The molecule has 0 aromatic heterocycles. The van der Waals surface area contributed by atoms with E-state index in [4.69, 9.17) is 0 Å². The smallest absolute Gasteiger partial charge is 0.132 e. The predicted molar refractivity (Wildman–Crippen MR) is 102 cm³/mol. The highest BCUT2D eigenvalue weighted by Gasteiger charge is 2.23. The van der Waals surface area contributed by atoms with Crippen molar-refractivity contribution in [2.45, 2.75) is 45.3 Å². The predicted octanol–water partition coefficient (Wildman–Crippen LogP) is 5.18. The van der Waals surface area contributed by atoms with Gasteiger partial charge in [0.1, 0.15) is 11.5 Å². The summed E-state index contributed by atoms with van der Waals surface area (Å²) >= 11 is 17.3. The van der Waals surface area contributed by atoms with Gasteiger partial charge in [0.05, 0.1) is 0 Å². The van der Waals surface area contributed by atoms with Gasteiger partial charge in [-0.3, -0.25) is 0 Å². The molecule has 6 heteroatoms. The lowest BCUT2D eigenvalue weighted by Crippen LogP contribution is -2.03. The van der Waals surface area contributed by atoms with Crippen LogP contribution in [0.5, 0.6) is 11.5 Å². The Kier molecular flexibility index (Phi) is 5.94. The van der Waals surface area contributed by atoms with Gasteiger partial charge in [-0.25, -0.2) is 0 Å². The van der Waals surface area contributed by atoms with E-state index in [0.29, 0.717) is 30.7 Å². The first kappa shape index (κ1) is 17.8. The number of benzene rings is 2. The van der Waals surface area contributed by atoms with Crippen molar-refractivity contribution in [3.05, 3.63) is 35.4 Å². The first-order valence-corrected chi connectivity index (χ1v) is 8.63. The standard InChI is InChI=1S/C16H18O2S4/c1-2-3-10(11-4-8(19)6-13(21)15(11)17)12-5-9(20)7-14(22)16(12)18/h4-7,10,17-22H,2-3H2,1H3. The molecule has 2 aromatic rings. The van der Waals surface area contributed by atoms with Crippen molar-refractivity contribution in [2.75, 3.05) is 0 Å². The van der Waals surface area contributed by atoms with Crippen LogP contribution < -0.4 is 0 Å². The van der Waals surface area contributed by atoms with E-state index in [-0.39, 0.29) is 17.4 Å². The third-order valence-electron chi connectivity index (χ3n) is 3.54. The second-order valence-corrected chi connectivity index (χ2v) is 7.14. The number of rotatable bonds is 4. The Balaban J connectivity index is 2.66. The fourth-order valence-corrected chi connectivity index (χ4v) is 3.83. The molecular weight excluding hydrogens is 352 g/mol. The summed E-state index contributed by atoms with van der Waals surface area (Å²) < 4.78 is 0. The number of aromatic hydroxyl groups is 2. The monoisotopic (exact) mass is 370 g/mol. The Morgan fingerprint density at radius 2 is 1.23 bits per heavy atom. The largest absolute Gasteiger partial charge is 0.506 e. The van der Waals surface area contributed by atoms with Crippen LogP contribution in [0.1, 0.15) is 36.8 Å². The van der Waals surface area contributed by atoms with Crippen molar-refractivity contribution in [1.82, 2.24) is 0 Å². The Bertz CT molecular complexity index is 644. The number of hydrogen-bond donors (Lipinski definition) is 6. The lowest BCUT2D eigenvalue weighted by molar-refractivity contribution is 0.436. The summed E-state index contributed by atoms with van der Waals surface area (Å²) in [5.74, 6) is 0.0505. The third kappa shape index (κ3) is 3.67. The summed E-state index contributed by atoms with van der Waals surface area (Å²) in [4.78, 5) is 2.37. The maximum Gasteiger partial charge on any atom is 0.132 e. The van der Waals surface area contributed by atoms with Gasteiger partial charge in [0.15, 0.2) is 0 Å². The minimum Gasteiger partial charge on any atom is -0.506 e. The van der Waals surface area contributed by atoms with Crippen molar-refractivity contribution in [2.24, 2.45) is 0 Å². The molecule has 0 fully saturated rings. The maximum absolute atomic E-state index is 10.4. The highest BCUT2D eigenvalue weighted by molar-refractivity contribution is 7.81. The first-order valence-electron chi connectivity index (χ1n) is 6.84. The first-order chi connectivity index (χ1) is 10.3. The van der Waals surface area contributed by atoms with Crippen molar-refractivity contribution >= 4 is 50.5 Å². The number of phenols is 2. The molecule has 0 radical (unpaired) electrons. The molecule has 0 atom stereocenters. The SMILES string of the molecule is CCCC(c1cc(S)cc(S)c1O)c1cc(S)cc(S)c1O. The Morgan fingerprint density at radius 3 is 1.59 bits per heavy atom. The fourth-order valence-electron chi connectivity index (χ4n) is 2.55. The van der Waals surface area contributed by atoms with Crippen LogP contribution in [0.4, 0.5) is 0 Å². The molecule has 118 valence electrons. The minimum atomic E-state index is -0.180. The van der Waals surface area contributed by atoms with Gasteiger partial charge < -0.3 is 10.2 Å². The molecule has 0 spiro atoms. The quantitative estimate of drug-likeness (QED) is 0.420. The molecular formula is C16H18O2S4. The summed E-state index contributed by atoms with van der Waals surface area (Å²) in [7, 11) is 0. The average molecular weight is 371 g/mol. The van der Waals surface area contributed by atoms with Crippen LogP contribution in [-0.4, -0.2) is 10.2 Å². The Labute approximate surface area is 152 Å². The highest BCUT2D eigenvalue weighted by Crippen LogP contribution is 2.44. The van der Waals surface area contributed by atoms with Gasteiger partial charge in [0, 0.05) is 36.6 Å². The van der Waals surface area contributed by atoms with Crippen LogP contribution in [0.25, 0.3) is 0 Å². The molecule has 22 heavy (non-hydrogen) atoms. The third-order valence-corrected chi connectivity index (χ3v) is 4.73. The Morgan fingerprint density at radius 1 is 0.818 bits per heavy atom. The van der Waals surface area contributed by atoms with E-state index in [9.17, 15) is 10.2 Å². The van der Waals surface area contributed by atoms with Gasteiger partial charge in [-0.05, 0) is 30.7 Å². The summed E-state index contributed by atoms with van der Waals surface area (Å²) in [6, 6.07) is 6.99. The molecule has 0 saturated carbocycles. The van der Waals surface area contributed by atoms with Gasteiger partial charge in [0.2, 0.25) is 0 Å². The van der Waals surface area contributed by atoms with Crippen LogP contribution >= 0.6 is 50.5 Å². The van der Waals surface area contributed by atoms with E-state index in [1.807, 2.05) is 0 Å². The van der Waals surface area contributed by atoms with Crippen LogP contribution in [0.15, 0.2) is 43.8 Å². The van der Waals surface area contributed by atoms with Crippen molar-refractivity contribution in [3.63, 3.8) is 0 Å². The van der Waals surface area contributed by atoms with Crippen molar-refractivity contribution in [1.29, 1.82) is 0 Å². The highest BCUT2D eigenvalue weighted by atomic mass is 32.1. The van der Waals surface area contributed by atoms with Crippen LogP contribution in [0, 0.1) is 0 Å². The van der Waals surface area contributed by atoms with Gasteiger partial charge in [-0.1, -0.05) is 13.3 Å². The van der Waals surface area contributed by atoms with Crippen molar-refractivity contribution < 1.29 is 10.2 Å². The summed E-state index contributed by atoms with van der Waals surface area (Å²) in [5, 5.41) is 20.8. The fraction of sp³-hybridized carbons (Fsp3) is 0.250. The van der Waals surface area contributed by atoms with E-state index in [1.54, 1.807) is 24.3 Å². The number of thiol groups is 4. The van der Waals surface area contributed by atoms with Crippen LogP contribution in [0.2, 0.25) is 0 Å². The second-order valence-electron chi connectivity index (χ2n) is 5.15. The molecule has 0 aliphatic carbocycles. The second kappa shape index (κ2) is 7.34. The topological polar surface area (TPSA) is 40.5 Å². The Hall–Kier alpha value is -0.560. The molecule has 0 amide bonds. The van der Waals surface area contributed by atoms with E-state index in [1.165, 1.54) is 0 Å². The van der Waals surface area contributed by atoms with E-state index < -0.39 is 0 Å². The molecule has 0 bridgehead atoms. The van der Waals surface area contributed by atoms with Gasteiger partial charge in [0.25, 0.3) is 0 Å². The normalized spacial score (nSPS) is 11.2. The van der Waals surface area contributed by atoms with E-state index in [2.05, 4.69) is 57.4 Å². The van der Waals surface area contributed by atoms with Crippen LogP contribution in [0.3, 0.4) is 0 Å². The van der Waals surface area contributed by atoms with Gasteiger partial charge in [-0.2, -0.15) is 0 Å². The number of hydrogen-bond acceptors (Lipinski definition) is 6. The zero-order chi connectivity index (χ0) is 16.4. The molecule has 2 nitrogen and oxygen atoms in total. The lowest BCUT2D eigenvalue weighted by atomic mass is 9.86. The number of phenolic OH excluding ortho intramolecular Hbond substituents is 2. The molecule has 2 N–H and O–H groups in total. The summed E-state index contributed by atoms with van der Waals surface area (Å²) in [6.45, 7) is 2.05. The molecule has 2 rings (SSSR count). The zero-order valence-corrected chi connectivity index (χ0v) is 15.6. The minimum absolute atomic E-state index is 0.115. The van der Waals surface area contributed by atoms with Gasteiger partial charge >= 0.3 is 0 Å². The molecule has 2 aromatic carbocycles. The van der Waals surface area contributed by atoms with E-state index >= 15 is 0 Å². The summed E-state index contributed by atoms with van der Waals surface area (Å²) in [6.07, 6.45) is 1.65.